The van der Waals surface area contributed by atoms with Crippen molar-refractivity contribution >= 4 is 5.82 Å². The minimum Gasteiger partial charge on any atom is -0.384 e. The summed E-state index contributed by atoms with van der Waals surface area (Å²) in [4.78, 5) is 3.97. The highest BCUT2D eigenvalue weighted by atomic mass is 16.5. The maximum atomic E-state index is 5.61. The Morgan fingerprint density at radius 2 is 2.25 bits per heavy atom. The second kappa shape index (κ2) is 8.07. The molecule has 0 spiro atoms. The van der Waals surface area contributed by atoms with E-state index in [1.165, 1.54) is 18.4 Å². The Balaban J connectivity index is 2.03. The molecule has 3 N–H and O–H groups in total. The fourth-order valence-electron chi connectivity index (χ4n) is 1.53. The quantitative estimate of drug-likeness (QED) is 0.651. The summed E-state index contributed by atoms with van der Waals surface area (Å²) in [5.41, 5.74) is 6.87. The molecule has 16 heavy (non-hydrogen) atoms. The number of nitrogens with one attached hydrogen (secondary N) is 1. The number of nitrogens with two attached hydrogens (primary N) is 1. The molecule has 0 aromatic carbocycles. The Hall–Kier alpha value is -1.13. The summed E-state index contributed by atoms with van der Waals surface area (Å²) in [5.74, 6) is 0.607. The molecular weight excluding hydrogens is 202 g/mol. The van der Waals surface area contributed by atoms with Crippen molar-refractivity contribution in [3.8, 4) is 0 Å². The number of pyridine rings is 1. The van der Waals surface area contributed by atoms with Crippen LogP contribution in [0.1, 0.15) is 18.4 Å². The lowest BCUT2D eigenvalue weighted by Crippen LogP contribution is -2.20. The summed E-state index contributed by atoms with van der Waals surface area (Å²) < 4.78 is 4.95. The van der Waals surface area contributed by atoms with E-state index in [2.05, 4.69) is 10.3 Å². The van der Waals surface area contributed by atoms with Gasteiger partial charge < -0.3 is 15.8 Å². The minimum atomic E-state index is 0.607. The molecule has 0 fully saturated rings. The molecule has 0 aliphatic rings. The summed E-state index contributed by atoms with van der Waals surface area (Å²) in [5, 5.41) is 3.32. The molecule has 1 heterocycles. The summed E-state index contributed by atoms with van der Waals surface area (Å²) in [6.45, 7) is 2.75. The Morgan fingerprint density at radius 3 is 3.00 bits per heavy atom. The number of ether oxygens (including phenoxy) is 1. The van der Waals surface area contributed by atoms with Crippen LogP contribution in [0, 0.1) is 0 Å². The van der Waals surface area contributed by atoms with Crippen LogP contribution in [0.15, 0.2) is 18.3 Å². The van der Waals surface area contributed by atoms with Gasteiger partial charge in [0.05, 0.1) is 6.61 Å². The zero-order valence-electron chi connectivity index (χ0n) is 9.91. The van der Waals surface area contributed by atoms with Crippen molar-refractivity contribution in [3.63, 3.8) is 0 Å². The van der Waals surface area contributed by atoms with E-state index in [0.29, 0.717) is 5.82 Å². The van der Waals surface area contributed by atoms with E-state index in [9.17, 15) is 0 Å². The number of rotatable bonds is 8. The van der Waals surface area contributed by atoms with Gasteiger partial charge in [-0.2, -0.15) is 0 Å². The highest BCUT2D eigenvalue weighted by Crippen LogP contribution is 2.06. The molecule has 1 rings (SSSR count). The summed E-state index contributed by atoms with van der Waals surface area (Å²) in [6, 6.07) is 3.97. The predicted molar refractivity (Wildman–Crippen MR) is 66.3 cm³/mol. The van der Waals surface area contributed by atoms with Crippen molar-refractivity contribution < 1.29 is 4.74 Å². The van der Waals surface area contributed by atoms with Gasteiger partial charge in [-0.05, 0) is 43.5 Å². The molecule has 1 aromatic rings. The lowest BCUT2D eigenvalue weighted by Gasteiger charge is -2.04. The fourth-order valence-corrected chi connectivity index (χ4v) is 1.53. The van der Waals surface area contributed by atoms with Gasteiger partial charge in [0.25, 0.3) is 0 Å². The van der Waals surface area contributed by atoms with Crippen LogP contribution in [-0.2, 0) is 11.2 Å². The average molecular weight is 223 g/mol. The van der Waals surface area contributed by atoms with Crippen LogP contribution in [0.25, 0.3) is 0 Å². The number of aryl methyl sites for hydroxylation is 1. The third kappa shape index (κ3) is 5.68. The van der Waals surface area contributed by atoms with E-state index in [0.717, 1.165) is 26.1 Å². The first-order valence-electron chi connectivity index (χ1n) is 5.73. The van der Waals surface area contributed by atoms with Crippen molar-refractivity contribution in [1.29, 1.82) is 0 Å². The minimum absolute atomic E-state index is 0.607. The van der Waals surface area contributed by atoms with Gasteiger partial charge in [0, 0.05) is 19.9 Å². The number of nitrogen functional groups attached to an aromatic ring is 1. The molecule has 0 atom stereocenters. The lowest BCUT2D eigenvalue weighted by molar-refractivity contribution is 0.199. The molecule has 0 aliphatic carbocycles. The van der Waals surface area contributed by atoms with E-state index in [-0.39, 0.29) is 0 Å². The molecule has 0 radical (unpaired) electrons. The van der Waals surface area contributed by atoms with Crippen LogP contribution in [0.5, 0.6) is 0 Å². The number of aromatic nitrogens is 1. The Kier molecular flexibility index (Phi) is 6.53. The van der Waals surface area contributed by atoms with Gasteiger partial charge in [-0.3, -0.25) is 0 Å². The van der Waals surface area contributed by atoms with Gasteiger partial charge in [0.15, 0.2) is 0 Å². The van der Waals surface area contributed by atoms with Crippen molar-refractivity contribution in [2.24, 2.45) is 0 Å². The largest absolute Gasteiger partial charge is 0.384 e. The molecule has 1 aromatic heterocycles. The summed E-state index contributed by atoms with van der Waals surface area (Å²) in [7, 11) is 1.72. The average Bonchev–Trinajstić information content (AvgIpc) is 2.28. The van der Waals surface area contributed by atoms with Gasteiger partial charge in [-0.15, -0.1) is 0 Å². The third-order valence-electron chi connectivity index (χ3n) is 2.40. The topological polar surface area (TPSA) is 60.2 Å². The van der Waals surface area contributed by atoms with Gasteiger partial charge in [0.1, 0.15) is 5.82 Å². The molecule has 0 unspecified atom stereocenters. The fraction of sp³-hybridized carbons (Fsp3) is 0.583. The van der Waals surface area contributed by atoms with Crippen LogP contribution in [0.3, 0.4) is 0 Å². The number of hydrogen-bond acceptors (Lipinski definition) is 4. The summed E-state index contributed by atoms with van der Waals surface area (Å²) in [6.07, 6.45) is 5.18. The van der Waals surface area contributed by atoms with E-state index in [4.69, 9.17) is 10.5 Å². The molecular formula is C12H21N3O. The molecule has 0 aliphatic heterocycles. The second-order valence-electron chi connectivity index (χ2n) is 3.79. The molecule has 0 saturated heterocycles. The molecule has 4 nitrogen and oxygen atoms in total. The van der Waals surface area contributed by atoms with Crippen LogP contribution in [-0.4, -0.2) is 31.8 Å². The normalized spacial score (nSPS) is 10.6. The standard InChI is InChI=1S/C12H21N3O/c1-16-9-8-14-6-3-2-4-11-5-7-15-12(13)10-11/h5,7,10,14H,2-4,6,8-9H2,1H3,(H2,13,15). The SMILES string of the molecule is COCCNCCCCc1ccnc(N)c1. The van der Waals surface area contributed by atoms with E-state index >= 15 is 0 Å². The lowest BCUT2D eigenvalue weighted by atomic mass is 10.1. The smallest absolute Gasteiger partial charge is 0.123 e. The zero-order valence-corrected chi connectivity index (χ0v) is 9.91. The second-order valence-corrected chi connectivity index (χ2v) is 3.79. The first-order chi connectivity index (χ1) is 7.83. The maximum absolute atomic E-state index is 5.61. The number of unbranched alkanes of at least 4 members (excludes halogenated alkanes) is 1. The first kappa shape index (κ1) is 12.9. The third-order valence-corrected chi connectivity index (χ3v) is 2.40. The van der Waals surface area contributed by atoms with Crippen molar-refractivity contribution in [3.05, 3.63) is 23.9 Å². The number of anilines is 1. The maximum Gasteiger partial charge on any atom is 0.123 e. The Bertz CT molecular complexity index is 291. The molecule has 90 valence electrons. The van der Waals surface area contributed by atoms with Crippen LogP contribution < -0.4 is 11.1 Å². The number of hydrogen-bond donors (Lipinski definition) is 2. The molecule has 0 bridgehead atoms. The van der Waals surface area contributed by atoms with Crippen LogP contribution in [0.2, 0.25) is 0 Å². The summed E-state index contributed by atoms with van der Waals surface area (Å²) >= 11 is 0. The number of nitrogens with zero attached hydrogens (tertiary/aromatic N) is 1. The zero-order chi connectivity index (χ0) is 11.6. The van der Waals surface area contributed by atoms with E-state index in [1.807, 2.05) is 12.1 Å². The number of methoxy groups -OCH3 is 1. The van der Waals surface area contributed by atoms with Crippen molar-refractivity contribution in [2.45, 2.75) is 19.3 Å². The predicted octanol–water partition coefficient (Wildman–Crippen LogP) is 1.22. The first-order valence-corrected chi connectivity index (χ1v) is 5.73. The Labute approximate surface area is 97.2 Å². The van der Waals surface area contributed by atoms with Gasteiger partial charge in [0.2, 0.25) is 0 Å². The van der Waals surface area contributed by atoms with Crippen LogP contribution in [0.4, 0.5) is 5.82 Å². The van der Waals surface area contributed by atoms with Crippen molar-refractivity contribution in [1.82, 2.24) is 10.3 Å². The van der Waals surface area contributed by atoms with Crippen molar-refractivity contribution in [2.75, 3.05) is 32.5 Å². The van der Waals surface area contributed by atoms with Gasteiger partial charge >= 0.3 is 0 Å². The molecule has 0 saturated carbocycles. The van der Waals surface area contributed by atoms with Gasteiger partial charge in [-0.25, -0.2) is 4.98 Å². The monoisotopic (exact) mass is 223 g/mol. The van der Waals surface area contributed by atoms with Gasteiger partial charge in [-0.1, -0.05) is 0 Å². The molecule has 4 heteroatoms. The molecule has 0 amide bonds. The highest BCUT2D eigenvalue weighted by molar-refractivity contribution is 5.31. The Morgan fingerprint density at radius 1 is 1.38 bits per heavy atom. The van der Waals surface area contributed by atoms with E-state index in [1.54, 1.807) is 13.3 Å². The highest BCUT2D eigenvalue weighted by Gasteiger charge is 1.95. The van der Waals surface area contributed by atoms with E-state index < -0.39 is 0 Å². The van der Waals surface area contributed by atoms with Crippen LogP contribution >= 0.6 is 0 Å².